The highest BCUT2D eigenvalue weighted by atomic mass is 35.5. The SMILES string of the molecule is CN(c1ccccc1)c1nc(N)ncc1CCN.Cl.Cl. The largest absolute Gasteiger partial charge is 0.368 e. The van der Waals surface area contributed by atoms with Crippen molar-refractivity contribution in [3.05, 3.63) is 42.1 Å². The predicted octanol–water partition coefficient (Wildman–Crippen LogP) is 2.17. The molecule has 1 aromatic heterocycles. The number of nitrogens with two attached hydrogens (primary N) is 2. The Morgan fingerprint density at radius 3 is 2.40 bits per heavy atom. The maximum atomic E-state index is 5.66. The molecule has 0 amide bonds. The van der Waals surface area contributed by atoms with Crippen molar-refractivity contribution in [3.63, 3.8) is 0 Å². The molecule has 2 rings (SSSR count). The van der Waals surface area contributed by atoms with Crippen molar-refractivity contribution in [3.8, 4) is 0 Å². The Bertz CT molecular complexity index is 521. The number of benzene rings is 1. The summed E-state index contributed by atoms with van der Waals surface area (Å²) in [5.41, 5.74) is 13.3. The molecule has 0 bridgehead atoms. The highest BCUT2D eigenvalue weighted by molar-refractivity contribution is 5.85. The van der Waals surface area contributed by atoms with Gasteiger partial charge in [-0.25, -0.2) is 4.98 Å². The number of para-hydroxylation sites is 1. The molecule has 20 heavy (non-hydrogen) atoms. The van der Waals surface area contributed by atoms with Crippen LogP contribution in [-0.2, 0) is 6.42 Å². The Kier molecular flexibility index (Phi) is 7.91. The molecule has 4 N–H and O–H groups in total. The minimum atomic E-state index is 0. The number of nitrogen functional groups attached to an aromatic ring is 1. The van der Waals surface area contributed by atoms with Crippen molar-refractivity contribution in [2.75, 3.05) is 24.2 Å². The van der Waals surface area contributed by atoms with Crippen molar-refractivity contribution >= 4 is 42.3 Å². The molecular weight excluding hydrogens is 297 g/mol. The van der Waals surface area contributed by atoms with Gasteiger partial charge in [0.25, 0.3) is 0 Å². The van der Waals surface area contributed by atoms with Gasteiger partial charge in [-0.1, -0.05) is 18.2 Å². The highest BCUT2D eigenvalue weighted by Crippen LogP contribution is 2.25. The van der Waals surface area contributed by atoms with Crippen LogP contribution in [-0.4, -0.2) is 23.6 Å². The fourth-order valence-corrected chi connectivity index (χ4v) is 1.81. The summed E-state index contributed by atoms with van der Waals surface area (Å²) in [7, 11) is 1.96. The standard InChI is InChI=1S/C13H17N5.2ClH/c1-18(11-5-3-2-4-6-11)12-10(7-8-14)9-16-13(15)17-12;;/h2-6,9H,7-8,14H2,1H3,(H2,15,16,17);2*1H. The van der Waals surface area contributed by atoms with Gasteiger partial charge < -0.3 is 16.4 Å². The first-order chi connectivity index (χ1) is 8.72. The van der Waals surface area contributed by atoms with Crippen LogP contribution in [0.25, 0.3) is 0 Å². The van der Waals surface area contributed by atoms with E-state index < -0.39 is 0 Å². The lowest BCUT2D eigenvalue weighted by Gasteiger charge is -2.21. The molecule has 0 aliphatic heterocycles. The molecule has 0 fully saturated rings. The number of hydrogen-bond acceptors (Lipinski definition) is 5. The van der Waals surface area contributed by atoms with Gasteiger partial charge in [-0.3, -0.25) is 0 Å². The second-order valence-electron chi connectivity index (χ2n) is 4.01. The number of anilines is 3. The molecule has 110 valence electrons. The average molecular weight is 316 g/mol. The van der Waals surface area contributed by atoms with Gasteiger partial charge >= 0.3 is 0 Å². The van der Waals surface area contributed by atoms with E-state index in [1.165, 1.54) is 0 Å². The molecule has 0 saturated heterocycles. The van der Waals surface area contributed by atoms with E-state index in [0.717, 1.165) is 23.5 Å². The Hall–Kier alpha value is -1.56. The fourth-order valence-electron chi connectivity index (χ4n) is 1.81. The van der Waals surface area contributed by atoms with E-state index in [4.69, 9.17) is 11.5 Å². The van der Waals surface area contributed by atoms with Gasteiger partial charge in [-0.15, -0.1) is 24.8 Å². The van der Waals surface area contributed by atoms with Crippen LogP contribution in [0.4, 0.5) is 17.5 Å². The molecular formula is C13H19Cl2N5. The van der Waals surface area contributed by atoms with Gasteiger partial charge in [0.2, 0.25) is 5.95 Å². The van der Waals surface area contributed by atoms with E-state index in [0.29, 0.717) is 6.54 Å². The second kappa shape index (κ2) is 8.58. The zero-order valence-electron chi connectivity index (χ0n) is 11.2. The summed E-state index contributed by atoms with van der Waals surface area (Å²) in [6, 6.07) is 9.99. The Morgan fingerprint density at radius 2 is 1.80 bits per heavy atom. The van der Waals surface area contributed by atoms with Crippen molar-refractivity contribution in [2.24, 2.45) is 5.73 Å². The summed E-state index contributed by atoms with van der Waals surface area (Å²) in [4.78, 5) is 10.3. The highest BCUT2D eigenvalue weighted by Gasteiger charge is 2.11. The number of aromatic nitrogens is 2. The number of halogens is 2. The third kappa shape index (κ3) is 4.23. The van der Waals surface area contributed by atoms with Gasteiger partial charge in [0.05, 0.1) is 0 Å². The maximum Gasteiger partial charge on any atom is 0.221 e. The number of rotatable bonds is 4. The quantitative estimate of drug-likeness (QED) is 0.903. The number of hydrogen-bond donors (Lipinski definition) is 2. The molecule has 7 heteroatoms. The minimum absolute atomic E-state index is 0. The normalized spacial score (nSPS) is 9.30. The molecule has 0 unspecified atom stereocenters. The smallest absolute Gasteiger partial charge is 0.221 e. The van der Waals surface area contributed by atoms with E-state index in [1.807, 2.05) is 42.3 Å². The fraction of sp³-hybridized carbons (Fsp3) is 0.231. The average Bonchev–Trinajstić information content (AvgIpc) is 2.41. The van der Waals surface area contributed by atoms with Crippen molar-refractivity contribution in [1.82, 2.24) is 9.97 Å². The molecule has 5 nitrogen and oxygen atoms in total. The summed E-state index contributed by atoms with van der Waals surface area (Å²) in [6.07, 6.45) is 2.47. The molecule has 0 radical (unpaired) electrons. The van der Waals surface area contributed by atoms with E-state index >= 15 is 0 Å². The van der Waals surface area contributed by atoms with Crippen LogP contribution < -0.4 is 16.4 Å². The third-order valence-corrected chi connectivity index (χ3v) is 2.74. The lowest BCUT2D eigenvalue weighted by atomic mass is 10.2. The molecule has 1 aromatic carbocycles. The summed E-state index contributed by atoms with van der Waals surface area (Å²) >= 11 is 0. The lowest BCUT2D eigenvalue weighted by Crippen LogP contribution is -2.16. The van der Waals surface area contributed by atoms with E-state index in [2.05, 4.69) is 9.97 Å². The van der Waals surface area contributed by atoms with Crippen LogP contribution in [0.2, 0.25) is 0 Å². The Labute approximate surface area is 131 Å². The van der Waals surface area contributed by atoms with Crippen molar-refractivity contribution < 1.29 is 0 Å². The first-order valence-electron chi connectivity index (χ1n) is 5.82. The molecule has 0 saturated carbocycles. The van der Waals surface area contributed by atoms with Crippen LogP contribution in [0.3, 0.4) is 0 Å². The second-order valence-corrected chi connectivity index (χ2v) is 4.01. The molecule has 0 aliphatic carbocycles. The summed E-state index contributed by atoms with van der Waals surface area (Å²) in [5.74, 6) is 1.08. The van der Waals surface area contributed by atoms with E-state index in [-0.39, 0.29) is 30.8 Å². The monoisotopic (exact) mass is 315 g/mol. The Morgan fingerprint density at radius 1 is 1.15 bits per heavy atom. The topological polar surface area (TPSA) is 81.1 Å². The zero-order valence-corrected chi connectivity index (χ0v) is 12.8. The van der Waals surface area contributed by atoms with Gasteiger partial charge in [-0.05, 0) is 25.1 Å². The first-order valence-corrected chi connectivity index (χ1v) is 5.82. The molecule has 1 heterocycles. The van der Waals surface area contributed by atoms with Crippen LogP contribution in [0.15, 0.2) is 36.5 Å². The van der Waals surface area contributed by atoms with Gasteiger partial charge in [0.1, 0.15) is 5.82 Å². The Balaban J connectivity index is 0.00000180. The molecule has 0 spiro atoms. The van der Waals surface area contributed by atoms with Crippen LogP contribution >= 0.6 is 24.8 Å². The van der Waals surface area contributed by atoms with Crippen molar-refractivity contribution in [2.45, 2.75) is 6.42 Å². The first kappa shape index (κ1) is 18.4. The minimum Gasteiger partial charge on any atom is -0.368 e. The molecule has 0 aliphatic rings. The van der Waals surface area contributed by atoms with Gasteiger partial charge in [0.15, 0.2) is 0 Å². The third-order valence-electron chi connectivity index (χ3n) is 2.74. The van der Waals surface area contributed by atoms with Crippen LogP contribution in [0.1, 0.15) is 5.56 Å². The van der Waals surface area contributed by atoms with Crippen LogP contribution in [0, 0.1) is 0 Å². The lowest BCUT2D eigenvalue weighted by molar-refractivity contribution is 0.930. The van der Waals surface area contributed by atoms with E-state index in [9.17, 15) is 0 Å². The van der Waals surface area contributed by atoms with E-state index in [1.54, 1.807) is 6.20 Å². The molecule has 2 aromatic rings. The summed E-state index contributed by atoms with van der Waals surface area (Å²) < 4.78 is 0. The van der Waals surface area contributed by atoms with Crippen LogP contribution in [0.5, 0.6) is 0 Å². The predicted molar refractivity (Wildman–Crippen MR) is 88.2 cm³/mol. The zero-order chi connectivity index (χ0) is 13.0. The molecule has 0 atom stereocenters. The van der Waals surface area contributed by atoms with Gasteiger partial charge in [0, 0.05) is 24.5 Å². The maximum absolute atomic E-state index is 5.66. The summed E-state index contributed by atoms with van der Waals surface area (Å²) in [6.45, 7) is 0.558. The van der Waals surface area contributed by atoms with Gasteiger partial charge in [-0.2, -0.15) is 4.98 Å². The summed E-state index contributed by atoms with van der Waals surface area (Å²) in [5, 5.41) is 0. The number of nitrogens with zero attached hydrogens (tertiary/aromatic N) is 3. The van der Waals surface area contributed by atoms with Crippen molar-refractivity contribution in [1.29, 1.82) is 0 Å².